The Morgan fingerprint density at radius 2 is 0.967 bits per heavy atom. The second kappa shape index (κ2) is 7.97. The summed E-state index contributed by atoms with van der Waals surface area (Å²) in [6.07, 6.45) is 0. The first kappa shape index (κ1) is 19.0. The summed E-state index contributed by atoms with van der Waals surface area (Å²) >= 11 is 0. The number of anilines is 2. The molecule has 0 heterocycles. The molecular formula is C24H18N2O4. The maximum absolute atomic E-state index is 12.5. The molecule has 4 N–H and O–H groups in total. The molecule has 0 aliphatic carbocycles. The number of carbonyl (C=O) groups excluding carboxylic acids is 2. The van der Waals surface area contributed by atoms with Gasteiger partial charge < -0.3 is 20.9 Å². The molecule has 0 bridgehead atoms. The Morgan fingerprint density at radius 1 is 0.567 bits per heavy atom. The van der Waals surface area contributed by atoms with Gasteiger partial charge in [0.05, 0.1) is 22.5 Å². The standard InChI is InChI=1S/C24H18N2O4/c25-19-5-1-3-7-21(19)29-23(27)17-11-9-16-14-18(12-10-15(16)13-17)24(28)30-22-8-4-2-6-20(22)26/h1-14H,25-26H2. The predicted octanol–water partition coefficient (Wildman–Crippen LogP) is 4.44. The number of nitrogens with two attached hydrogens (primary N) is 2. The summed E-state index contributed by atoms with van der Waals surface area (Å²) in [6.45, 7) is 0. The van der Waals surface area contributed by atoms with Gasteiger partial charge in [-0.1, -0.05) is 36.4 Å². The van der Waals surface area contributed by atoms with Gasteiger partial charge in [-0.05, 0) is 59.3 Å². The van der Waals surface area contributed by atoms with Crippen LogP contribution in [-0.2, 0) is 0 Å². The lowest BCUT2D eigenvalue weighted by atomic mass is 10.0. The minimum atomic E-state index is -0.516. The van der Waals surface area contributed by atoms with Gasteiger partial charge in [0.1, 0.15) is 0 Å². The van der Waals surface area contributed by atoms with E-state index in [2.05, 4.69) is 0 Å². The van der Waals surface area contributed by atoms with Crippen LogP contribution >= 0.6 is 0 Å². The van der Waals surface area contributed by atoms with Crippen LogP contribution < -0.4 is 20.9 Å². The molecule has 0 aliphatic heterocycles. The number of benzene rings is 4. The molecule has 0 atom stereocenters. The van der Waals surface area contributed by atoms with E-state index in [0.717, 1.165) is 10.8 Å². The molecule has 0 amide bonds. The first-order valence-electron chi connectivity index (χ1n) is 9.18. The van der Waals surface area contributed by atoms with Crippen LogP contribution in [0, 0.1) is 0 Å². The first-order chi connectivity index (χ1) is 14.5. The van der Waals surface area contributed by atoms with Crippen molar-refractivity contribution < 1.29 is 19.1 Å². The van der Waals surface area contributed by atoms with Crippen LogP contribution in [-0.4, -0.2) is 11.9 Å². The largest absolute Gasteiger partial charge is 0.421 e. The van der Waals surface area contributed by atoms with E-state index < -0.39 is 11.9 Å². The number of ether oxygens (including phenoxy) is 2. The molecule has 6 heteroatoms. The van der Waals surface area contributed by atoms with Crippen molar-refractivity contribution >= 4 is 34.1 Å². The zero-order chi connectivity index (χ0) is 21.1. The predicted molar refractivity (Wildman–Crippen MR) is 116 cm³/mol. The fraction of sp³-hybridized carbons (Fsp3) is 0. The third-order valence-electron chi connectivity index (χ3n) is 4.55. The van der Waals surface area contributed by atoms with Gasteiger partial charge in [0.15, 0.2) is 11.5 Å². The number of esters is 2. The van der Waals surface area contributed by atoms with E-state index in [1.54, 1.807) is 84.9 Å². The van der Waals surface area contributed by atoms with Crippen molar-refractivity contribution in [1.29, 1.82) is 0 Å². The Hall–Kier alpha value is -4.32. The normalized spacial score (nSPS) is 10.5. The number of hydrogen-bond donors (Lipinski definition) is 2. The van der Waals surface area contributed by atoms with Gasteiger partial charge >= 0.3 is 11.9 Å². The van der Waals surface area contributed by atoms with Gasteiger partial charge in [0, 0.05) is 0 Å². The number of para-hydroxylation sites is 4. The summed E-state index contributed by atoms with van der Waals surface area (Å²) in [7, 11) is 0. The number of hydrogen-bond acceptors (Lipinski definition) is 6. The molecule has 0 unspecified atom stereocenters. The zero-order valence-electron chi connectivity index (χ0n) is 15.9. The highest BCUT2D eigenvalue weighted by Crippen LogP contribution is 2.25. The summed E-state index contributed by atoms with van der Waals surface area (Å²) < 4.78 is 10.7. The SMILES string of the molecule is Nc1ccccc1OC(=O)c1ccc2cc(C(=O)Oc3ccccc3N)ccc2c1. The molecule has 4 aromatic carbocycles. The lowest BCUT2D eigenvalue weighted by Crippen LogP contribution is -2.10. The van der Waals surface area contributed by atoms with Crippen molar-refractivity contribution in [3.63, 3.8) is 0 Å². The number of nitrogen functional groups attached to an aromatic ring is 2. The van der Waals surface area contributed by atoms with Gasteiger partial charge in [-0.25, -0.2) is 9.59 Å². The Bertz CT molecular complexity index is 1170. The van der Waals surface area contributed by atoms with Crippen LogP contribution in [0.4, 0.5) is 11.4 Å². The van der Waals surface area contributed by atoms with Crippen molar-refractivity contribution in [2.45, 2.75) is 0 Å². The summed E-state index contributed by atoms with van der Waals surface area (Å²) in [5.41, 5.74) is 13.1. The molecule has 0 saturated heterocycles. The maximum Gasteiger partial charge on any atom is 0.343 e. The highest BCUT2D eigenvalue weighted by atomic mass is 16.5. The molecule has 0 fully saturated rings. The summed E-state index contributed by atoms with van der Waals surface area (Å²) in [5, 5.41) is 1.56. The number of fused-ring (bicyclic) bond motifs is 1. The quantitative estimate of drug-likeness (QED) is 0.299. The van der Waals surface area contributed by atoms with Crippen LogP contribution in [0.1, 0.15) is 20.7 Å². The molecule has 0 radical (unpaired) electrons. The molecule has 0 saturated carbocycles. The lowest BCUT2D eigenvalue weighted by molar-refractivity contribution is 0.0726. The Balaban J connectivity index is 1.55. The van der Waals surface area contributed by atoms with Gasteiger partial charge in [-0.2, -0.15) is 0 Å². The molecule has 4 aromatic rings. The first-order valence-corrected chi connectivity index (χ1v) is 9.18. The second-order valence-electron chi connectivity index (χ2n) is 6.63. The highest BCUT2D eigenvalue weighted by molar-refractivity contribution is 6.00. The smallest absolute Gasteiger partial charge is 0.343 e. The highest BCUT2D eigenvalue weighted by Gasteiger charge is 2.14. The van der Waals surface area contributed by atoms with Crippen LogP contribution in [0.2, 0.25) is 0 Å². The molecule has 4 rings (SSSR count). The minimum Gasteiger partial charge on any atom is -0.421 e. The molecule has 6 nitrogen and oxygen atoms in total. The van der Waals surface area contributed by atoms with Crippen molar-refractivity contribution in [3.8, 4) is 11.5 Å². The fourth-order valence-electron chi connectivity index (χ4n) is 2.96. The number of rotatable bonds is 4. The van der Waals surface area contributed by atoms with E-state index in [9.17, 15) is 9.59 Å². The second-order valence-corrected chi connectivity index (χ2v) is 6.63. The summed E-state index contributed by atoms with van der Waals surface area (Å²) in [6, 6.07) is 23.7. The van der Waals surface area contributed by atoms with Crippen LogP contribution in [0.25, 0.3) is 10.8 Å². The molecule has 30 heavy (non-hydrogen) atoms. The van der Waals surface area contributed by atoms with Crippen LogP contribution in [0.15, 0.2) is 84.9 Å². The average molecular weight is 398 g/mol. The Morgan fingerprint density at radius 3 is 1.37 bits per heavy atom. The Kier molecular flexibility index (Phi) is 5.05. The average Bonchev–Trinajstić information content (AvgIpc) is 2.76. The van der Waals surface area contributed by atoms with E-state index in [0.29, 0.717) is 34.0 Å². The van der Waals surface area contributed by atoms with Gasteiger partial charge in [0.2, 0.25) is 0 Å². The van der Waals surface area contributed by atoms with Crippen molar-refractivity contribution in [3.05, 3.63) is 96.1 Å². The van der Waals surface area contributed by atoms with Gasteiger partial charge in [0.25, 0.3) is 0 Å². The van der Waals surface area contributed by atoms with E-state index in [-0.39, 0.29) is 0 Å². The zero-order valence-corrected chi connectivity index (χ0v) is 15.9. The monoisotopic (exact) mass is 398 g/mol. The van der Waals surface area contributed by atoms with Crippen LogP contribution in [0.5, 0.6) is 11.5 Å². The molecule has 0 aliphatic rings. The van der Waals surface area contributed by atoms with E-state index in [1.807, 2.05) is 0 Å². The molecule has 148 valence electrons. The minimum absolute atomic E-state index is 0.306. The van der Waals surface area contributed by atoms with Gasteiger partial charge in [-0.15, -0.1) is 0 Å². The van der Waals surface area contributed by atoms with Crippen molar-refractivity contribution in [2.24, 2.45) is 0 Å². The van der Waals surface area contributed by atoms with Gasteiger partial charge in [-0.3, -0.25) is 0 Å². The fourth-order valence-corrected chi connectivity index (χ4v) is 2.96. The van der Waals surface area contributed by atoms with E-state index >= 15 is 0 Å². The van der Waals surface area contributed by atoms with Crippen molar-refractivity contribution in [1.82, 2.24) is 0 Å². The third-order valence-corrected chi connectivity index (χ3v) is 4.55. The number of carbonyl (C=O) groups is 2. The summed E-state index contributed by atoms with van der Waals surface area (Å²) in [5.74, 6) is -0.419. The molecular weight excluding hydrogens is 380 g/mol. The summed E-state index contributed by atoms with van der Waals surface area (Å²) in [4.78, 5) is 24.9. The maximum atomic E-state index is 12.5. The van der Waals surface area contributed by atoms with Crippen molar-refractivity contribution in [2.75, 3.05) is 11.5 Å². The van der Waals surface area contributed by atoms with E-state index in [1.165, 1.54) is 0 Å². The molecule has 0 spiro atoms. The van der Waals surface area contributed by atoms with Crippen LogP contribution in [0.3, 0.4) is 0 Å². The van der Waals surface area contributed by atoms with E-state index in [4.69, 9.17) is 20.9 Å². The topological polar surface area (TPSA) is 105 Å². The lowest BCUT2D eigenvalue weighted by Gasteiger charge is -2.09. The Labute approximate surface area is 172 Å². The molecule has 0 aromatic heterocycles. The third kappa shape index (κ3) is 3.93.